The Balaban J connectivity index is 1.38. The summed E-state index contributed by atoms with van der Waals surface area (Å²) in [4.78, 5) is 15.1. The number of carbonyl (C=O) groups is 1. The van der Waals surface area contributed by atoms with Crippen molar-refractivity contribution in [2.24, 2.45) is 0 Å². The second kappa shape index (κ2) is 9.11. The molecule has 2 aliphatic rings. The summed E-state index contributed by atoms with van der Waals surface area (Å²) in [5, 5.41) is 10.9. The maximum atomic E-state index is 12.7. The molecule has 28 heavy (non-hydrogen) atoms. The third-order valence-electron chi connectivity index (χ3n) is 5.53. The van der Waals surface area contributed by atoms with Gasteiger partial charge in [-0.1, -0.05) is 12.1 Å². The highest BCUT2D eigenvalue weighted by Crippen LogP contribution is 2.21. The molecule has 2 aliphatic heterocycles. The molecule has 0 bridgehead atoms. The van der Waals surface area contributed by atoms with E-state index >= 15 is 0 Å². The summed E-state index contributed by atoms with van der Waals surface area (Å²) >= 11 is 2.03. The first-order chi connectivity index (χ1) is 13.7. The van der Waals surface area contributed by atoms with E-state index in [4.69, 9.17) is 0 Å². The summed E-state index contributed by atoms with van der Waals surface area (Å²) in [5.41, 5.74) is 3.72. The van der Waals surface area contributed by atoms with Crippen molar-refractivity contribution in [2.45, 2.75) is 32.4 Å². The fourth-order valence-corrected chi connectivity index (χ4v) is 4.87. The molecule has 3 heterocycles. The van der Waals surface area contributed by atoms with Gasteiger partial charge in [-0.3, -0.25) is 14.4 Å². The predicted molar refractivity (Wildman–Crippen MR) is 115 cm³/mol. The Morgan fingerprint density at radius 1 is 1.32 bits per heavy atom. The van der Waals surface area contributed by atoms with Gasteiger partial charge in [-0.15, -0.1) is 0 Å². The van der Waals surface area contributed by atoms with Gasteiger partial charge < -0.3 is 10.6 Å². The van der Waals surface area contributed by atoms with Crippen LogP contribution in [-0.4, -0.2) is 58.3 Å². The third kappa shape index (κ3) is 4.77. The lowest BCUT2D eigenvalue weighted by Crippen LogP contribution is -2.32. The molecule has 1 aromatic heterocycles. The normalized spacial score (nSPS) is 20.8. The minimum atomic E-state index is -0.147. The van der Waals surface area contributed by atoms with Crippen LogP contribution in [-0.2, 0) is 6.54 Å². The molecule has 2 fully saturated rings. The average molecular weight is 400 g/mol. The van der Waals surface area contributed by atoms with E-state index < -0.39 is 0 Å². The fraction of sp³-hybridized carbons (Fsp3) is 0.524. The molecule has 0 aliphatic carbocycles. The minimum absolute atomic E-state index is 0.147. The summed E-state index contributed by atoms with van der Waals surface area (Å²) in [6, 6.07) is 8.47. The topological polar surface area (TPSA) is 62.2 Å². The molecule has 0 radical (unpaired) electrons. The zero-order chi connectivity index (χ0) is 19.3. The highest BCUT2D eigenvalue weighted by Gasteiger charge is 2.18. The van der Waals surface area contributed by atoms with Crippen LogP contribution in [0.15, 0.2) is 30.5 Å². The number of carbonyl (C=O) groups excluding carboxylic acids is 1. The van der Waals surface area contributed by atoms with E-state index in [-0.39, 0.29) is 5.91 Å². The first kappa shape index (κ1) is 19.5. The van der Waals surface area contributed by atoms with Gasteiger partial charge in [0.15, 0.2) is 5.69 Å². The van der Waals surface area contributed by atoms with Gasteiger partial charge in [-0.05, 0) is 49.6 Å². The summed E-state index contributed by atoms with van der Waals surface area (Å²) in [6.07, 6.45) is 4.17. The third-order valence-corrected chi connectivity index (χ3v) is 6.48. The van der Waals surface area contributed by atoms with Gasteiger partial charge >= 0.3 is 0 Å². The number of anilines is 1. The van der Waals surface area contributed by atoms with Crippen LogP contribution in [0.4, 0.5) is 5.69 Å². The largest absolute Gasteiger partial charge is 0.320 e. The molecule has 1 aromatic carbocycles. The summed E-state index contributed by atoms with van der Waals surface area (Å²) in [7, 11) is 0. The number of amides is 1. The molecule has 2 N–H and O–H groups in total. The lowest BCUT2D eigenvalue weighted by molar-refractivity contribution is 0.102. The van der Waals surface area contributed by atoms with Gasteiger partial charge in [-0.2, -0.15) is 16.9 Å². The number of hydrogen-bond acceptors (Lipinski definition) is 5. The zero-order valence-corrected chi connectivity index (χ0v) is 17.3. The molecule has 0 spiro atoms. The number of nitrogens with zero attached hydrogens (tertiary/aromatic N) is 3. The number of aryl methyl sites for hydroxylation is 1. The fourth-order valence-electron chi connectivity index (χ4n) is 3.89. The van der Waals surface area contributed by atoms with E-state index in [1.165, 1.54) is 17.1 Å². The standard InChI is InChI=1S/C21H29N5OS/c1-16-13-17(15-25-9-11-28-12-10-25)4-5-19(16)23-21(27)20-6-8-26(24-20)18-3-2-7-22-14-18/h4-6,8,13,18,22H,2-3,7,9-12,14-15H2,1H3,(H,23,27). The van der Waals surface area contributed by atoms with E-state index in [9.17, 15) is 4.79 Å². The van der Waals surface area contributed by atoms with E-state index in [0.717, 1.165) is 56.8 Å². The first-order valence-electron chi connectivity index (χ1n) is 10.2. The van der Waals surface area contributed by atoms with Gasteiger partial charge in [0.25, 0.3) is 5.91 Å². The maximum absolute atomic E-state index is 12.7. The number of thioether (sulfide) groups is 1. The smallest absolute Gasteiger partial charge is 0.276 e. The lowest BCUT2D eigenvalue weighted by Gasteiger charge is -2.26. The highest BCUT2D eigenvalue weighted by atomic mass is 32.2. The van der Waals surface area contributed by atoms with Gasteiger partial charge in [0.2, 0.25) is 0 Å². The average Bonchev–Trinajstić information content (AvgIpc) is 3.22. The molecule has 2 saturated heterocycles. The van der Waals surface area contributed by atoms with Gasteiger partial charge in [0.1, 0.15) is 0 Å². The van der Waals surface area contributed by atoms with Crippen LogP contribution in [0.5, 0.6) is 0 Å². The van der Waals surface area contributed by atoms with Crippen LogP contribution in [0, 0.1) is 6.92 Å². The Hall–Kier alpha value is -1.83. The molecule has 1 amide bonds. The molecule has 0 saturated carbocycles. The van der Waals surface area contributed by atoms with Gasteiger partial charge in [-0.25, -0.2) is 0 Å². The molecule has 1 unspecified atom stereocenters. The van der Waals surface area contributed by atoms with Gasteiger partial charge in [0.05, 0.1) is 6.04 Å². The van der Waals surface area contributed by atoms with E-state index in [1.54, 1.807) is 0 Å². The van der Waals surface area contributed by atoms with E-state index in [2.05, 4.69) is 39.7 Å². The van der Waals surface area contributed by atoms with Crippen LogP contribution in [0.2, 0.25) is 0 Å². The Morgan fingerprint density at radius 2 is 2.18 bits per heavy atom. The Labute approximate surface area is 171 Å². The summed E-state index contributed by atoms with van der Waals surface area (Å²) < 4.78 is 1.92. The maximum Gasteiger partial charge on any atom is 0.276 e. The van der Waals surface area contributed by atoms with Crippen LogP contribution in [0.1, 0.15) is 40.5 Å². The molecule has 150 valence electrons. The molecular formula is C21H29N5OS. The Bertz CT molecular complexity index is 809. The molecule has 7 heteroatoms. The zero-order valence-electron chi connectivity index (χ0n) is 16.5. The van der Waals surface area contributed by atoms with Crippen molar-refractivity contribution in [1.29, 1.82) is 0 Å². The predicted octanol–water partition coefficient (Wildman–Crippen LogP) is 2.92. The number of nitrogens with one attached hydrogen (secondary N) is 2. The van der Waals surface area contributed by atoms with Crippen LogP contribution >= 0.6 is 11.8 Å². The number of hydrogen-bond donors (Lipinski definition) is 2. The van der Waals surface area contributed by atoms with E-state index in [1.807, 2.05) is 34.8 Å². The van der Waals surface area contributed by atoms with Crippen molar-refractivity contribution in [2.75, 3.05) is 43.0 Å². The lowest BCUT2D eigenvalue weighted by atomic mass is 10.1. The first-order valence-corrected chi connectivity index (χ1v) is 11.3. The minimum Gasteiger partial charge on any atom is -0.320 e. The van der Waals surface area contributed by atoms with Crippen molar-refractivity contribution < 1.29 is 4.79 Å². The second-order valence-corrected chi connectivity index (χ2v) is 8.90. The quantitative estimate of drug-likeness (QED) is 0.810. The van der Waals surface area contributed by atoms with Crippen LogP contribution in [0.25, 0.3) is 0 Å². The Kier molecular flexibility index (Phi) is 6.34. The van der Waals surface area contributed by atoms with Crippen molar-refractivity contribution in [3.63, 3.8) is 0 Å². The van der Waals surface area contributed by atoms with Crippen LogP contribution in [0.3, 0.4) is 0 Å². The van der Waals surface area contributed by atoms with E-state index in [0.29, 0.717) is 11.7 Å². The number of rotatable bonds is 5. The number of piperidine rings is 1. The number of aromatic nitrogens is 2. The molecule has 1 atom stereocenters. The molecular weight excluding hydrogens is 370 g/mol. The van der Waals surface area contributed by atoms with Crippen molar-refractivity contribution in [3.8, 4) is 0 Å². The van der Waals surface area contributed by atoms with Crippen LogP contribution < -0.4 is 10.6 Å². The molecule has 6 nitrogen and oxygen atoms in total. The van der Waals surface area contributed by atoms with Crippen molar-refractivity contribution in [3.05, 3.63) is 47.3 Å². The second-order valence-electron chi connectivity index (χ2n) is 7.67. The van der Waals surface area contributed by atoms with Crippen molar-refractivity contribution in [1.82, 2.24) is 20.0 Å². The molecule has 4 rings (SSSR count). The number of benzene rings is 1. The summed E-state index contributed by atoms with van der Waals surface area (Å²) in [5.74, 6) is 2.29. The van der Waals surface area contributed by atoms with Crippen molar-refractivity contribution >= 4 is 23.4 Å². The SMILES string of the molecule is Cc1cc(CN2CCSCC2)ccc1NC(=O)c1ccn(C2CCCNC2)n1. The molecule has 2 aromatic rings. The highest BCUT2D eigenvalue weighted by molar-refractivity contribution is 7.99. The Morgan fingerprint density at radius 3 is 2.93 bits per heavy atom. The van der Waals surface area contributed by atoms with Gasteiger partial charge in [0, 0.05) is 49.6 Å². The monoisotopic (exact) mass is 399 g/mol. The summed E-state index contributed by atoms with van der Waals surface area (Å²) in [6.45, 7) is 7.33.